The minimum atomic E-state index is -4.54. The molecule has 1 heterocycles. The van der Waals surface area contributed by atoms with Crippen molar-refractivity contribution in [3.05, 3.63) is 28.8 Å². The van der Waals surface area contributed by atoms with Gasteiger partial charge in [-0.15, -0.1) is 0 Å². The Bertz CT molecular complexity index is 999. The monoisotopic (exact) mass is 490 g/mol. The van der Waals surface area contributed by atoms with Crippen molar-refractivity contribution in [1.82, 2.24) is 0 Å². The number of esters is 3. The fraction of sp³-hybridized carbons (Fsp3) is 0.571. The Morgan fingerprint density at radius 2 is 1.45 bits per heavy atom. The van der Waals surface area contributed by atoms with Gasteiger partial charge in [0.15, 0.2) is 18.4 Å². The Kier molecular flexibility index (Phi) is 8.55. The first-order valence-electron chi connectivity index (χ1n) is 10.0. The van der Waals surface area contributed by atoms with Crippen LogP contribution in [0.4, 0.5) is 4.39 Å². The fourth-order valence-corrected chi connectivity index (χ4v) is 5.08. The van der Waals surface area contributed by atoms with Gasteiger partial charge in [-0.3, -0.25) is 14.4 Å². The molecule has 12 heteroatoms. The van der Waals surface area contributed by atoms with E-state index in [9.17, 15) is 22.8 Å². The number of ether oxygens (including phenoxy) is 4. The minimum absolute atomic E-state index is 0.161. The quantitative estimate of drug-likeness (QED) is 0.317. The number of hydrogen-bond donors (Lipinski definition) is 0. The topological polar surface area (TPSA) is 132 Å². The molecule has 0 aliphatic carbocycles. The fourth-order valence-electron chi connectivity index (χ4n) is 3.67. The summed E-state index contributed by atoms with van der Waals surface area (Å²) in [5.74, 6) is -2.49. The second-order valence-corrected chi connectivity index (χ2v) is 9.23. The summed E-state index contributed by atoms with van der Waals surface area (Å²) in [5, 5.41) is 0. The molecule has 2 rings (SSSR count). The average molecular weight is 491 g/mol. The van der Waals surface area contributed by atoms with Crippen LogP contribution in [0, 0.1) is 20.8 Å². The van der Waals surface area contributed by atoms with E-state index in [0.29, 0.717) is 11.1 Å². The third-order valence-electron chi connectivity index (χ3n) is 4.70. The number of carbonyl (C=O) groups excluding carboxylic acids is 3. The van der Waals surface area contributed by atoms with Gasteiger partial charge in [0.2, 0.25) is 6.29 Å². The Morgan fingerprint density at radius 1 is 0.939 bits per heavy atom. The Labute approximate surface area is 191 Å². The van der Waals surface area contributed by atoms with Crippen LogP contribution in [0.25, 0.3) is 0 Å². The van der Waals surface area contributed by atoms with Crippen LogP contribution in [0.1, 0.15) is 37.5 Å². The number of rotatable bonds is 7. The molecule has 0 aromatic heterocycles. The zero-order chi connectivity index (χ0) is 25.1. The molecule has 5 atom stereocenters. The van der Waals surface area contributed by atoms with Crippen LogP contribution in [-0.4, -0.2) is 63.7 Å². The Hall–Kier alpha value is -2.57. The zero-order valence-electron chi connectivity index (χ0n) is 19.1. The second-order valence-electron chi connectivity index (χ2n) is 7.72. The van der Waals surface area contributed by atoms with E-state index in [1.54, 1.807) is 32.9 Å². The number of benzene rings is 1. The van der Waals surface area contributed by atoms with Crippen LogP contribution in [-0.2, 0) is 47.6 Å². The third-order valence-corrected chi connectivity index (χ3v) is 6.29. The summed E-state index contributed by atoms with van der Waals surface area (Å²) in [6.45, 7) is 7.51. The van der Waals surface area contributed by atoms with E-state index in [1.807, 2.05) is 0 Å². The van der Waals surface area contributed by atoms with Gasteiger partial charge in [0.1, 0.15) is 17.6 Å². The van der Waals surface area contributed by atoms with Crippen LogP contribution in [0.3, 0.4) is 0 Å². The second kappa shape index (κ2) is 10.6. The summed E-state index contributed by atoms with van der Waals surface area (Å²) in [6.07, 6.45) is -9.11. The molecule has 0 unspecified atom stereocenters. The molecule has 1 fully saturated rings. The van der Waals surface area contributed by atoms with E-state index in [1.165, 1.54) is 0 Å². The molecule has 1 aromatic rings. The molecule has 0 radical (unpaired) electrons. The molecular formula is C21H27FO10S. The Morgan fingerprint density at radius 3 is 1.94 bits per heavy atom. The minimum Gasteiger partial charge on any atom is -0.463 e. The molecule has 0 bridgehead atoms. The number of hydrogen-bond acceptors (Lipinski definition) is 10. The predicted molar refractivity (Wildman–Crippen MR) is 110 cm³/mol. The number of aryl methyl sites for hydroxylation is 3. The highest BCUT2D eigenvalue weighted by Crippen LogP contribution is 2.33. The van der Waals surface area contributed by atoms with Gasteiger partial charge in [0.05, 0.1) is 0 Å². The first-order valence-corrected chi connectivity index (χ1v) is 11.4. The molecule has 1 aliphatic heterocycles. The highest BCUT2D eigenvalue weighted by molar-refractivity contribution is 7.86. The van der Waals surface area contributed by atoms with Gasteiger partial charge in [0, 0.05) is 20.8 Å². The van der Waals surface area contributed by atoms with E-state index in [2.05, 4.69) is 0 Å². The standard InChI is InChI=1S/C21H27FO10S/c1-10-7-11(2)20(12(3)8-10)33(26,27)32-21-17(22)19(30-15(6)25)18(29-14(5)24)16(31-21)9-28-13(4)23/h7-8,16-19,21H,9H2,1-6H3/t16-,17-,18-,19-,21-/m1/s1. The maximum absolute atomic E-state index is 15.4. The van der Waals surface area contributed by atoms with Crippen molar-refractivity contribution in [2.75, 3.05) is 6.61 Å². The van der Waals surface area contributed by atoms with Crippen molar-refractivity contribution in [2.45, 2.75) is 77.2 Å². The molecule has 1 saturated heterocycles. The first-order chi connectivity index (χ1) is 15.2. The lowest BCUT2D eigenvalue weighted by Crippen LogP contribution is -2.60. The summed E-state index contributed by atoms with van der Waals surface area (Å²) in [4.78, 5) is 34.2. The molecule has 10 nitrogen and oxygen atoms in total. The van der Waals surface area contributed by atoms with E-state index in [4.69, 9.17) is 23.1 Å². The maximum Gasteiger partial charge on any atom is 0.303 e. The van der Waals surface area contributed by atoms with Crippen molar-refractivity contribution in [2.24, 2.45) is 0 Å². The van der Waals surface area contributed by atoms with Gasteiger partial charge >= 0.3 is 17.9 Å². The van der Waals surface area contributed by atoms with Crippen LogP contribution in [0.2, 0.25) is 0 Å². The summed E-state index contributed by atoms with van der Waals surface area (Å²) in [7, 11) is -4.54. The normalized spacial score (nSPS) is 25.2. The van der Waals surface area contributed by atoms with Gasteiger partial charge in [-0.1, -0.05) is 17.7 Å². The van der Waals surface area contributed by atoms with E-state index >= 15 is 4.39 Å². The molecule has 184 valence electrons. The number of halogens is 1. The van der Waals surface area contributed by atoms with E-state index in [0.717, 1.165) is 26.3 Å². The first kappa shape index (κ1) is 26.7. The average Bonchev–Trinajstić information content (AvgIpc) is 2.63. The van der Waals surface area contributed by atoms with Crippen LogP contribution >= 0.6 is 0 Å². The number of carbonyl (C=O) groups is 3. The van der Waals surface area contributed by atoms with Gasteiger partial charge in [0.25, 0.3) is 10.1 Å². The lowest BCUT2D eigenvalue weighted by atomic mass is 9.99. The van der Waals surface area contributed by atoms with Gasteiger partial charge in [-0.2, -0.15) is 8.42 Å². The molecular weight excluding hydrogens is 463 g/mol. The summed E-state index contributed by atoms with van der Waals surface area (Å²) in [5.41, 5.74) is 1.58. The van der Waals surface area contributed by atoms with Crippen LogP contribution in [0.15, 0.2) is 17.0 Å². The summed E-state index contributed by atoms with van der Waals surface area (Å²) in [6, 6.07) is 3.25. The third kappa shape index (κ3) is 6.71. The number of alkyl halides is 1. The van der Waals surface area contributed by atoms with Gasteiger partial charge in [-0.05, 0) is 31.9 Å². The van der Waals surface area contributed by atoms with Crippen LogP contribution in [0.5, 0.6) is 0 Å². The van der Waals surface area contributed by atoms with Gasteiger partial charge in [-0.25, -0.2) is 8.57 Å². The molecule has 1 aromatic carbocycles. The molecule has 33 heavy (non-hydrogen) atoms. The smallest absolute Gasteiger partial charge is 0.303 e. The summed E-state index contributed by atoms with van der Waals surface area (Å²) < 4.78 is 66.8. The lowest BCUT2D eigenvalue weighted by Gasteiger charge is -2.41. The van der Waals surface area contributed by atoms with Crippen LogP contribution < -0.4 is 0 Å². The van der Waals surface area contributed by atoms with E-state index < -0.39 is 65.4 Å². The van der Waals surface area contributed by atoms with Crippen molar-refractivity contribution in [3.63, 3.8) is 0 Å². The largest absolute Gasteiger partial charge is 0.463 e. The predicted octanol–water partition coefficient (Wildman–Crippen LogP) is 1.81. The van der Waals surface area contributed by atoms with Gasteiger partial charge < -0.3 is 18.9 Å². The molecule has 0 N–H and O–H groups in total. The highest BCUT2D eigenvalue weighted by atomic mass is 32.2. The van der Waals surface area contributed by atoms with Crippen molar-refractivity contribution >= 4 is 28.0 Å². The van der Waals surface area contributed by atoms with Crippen molar-refractivity contribution in [1.29, 1.82) is 0 Å². The Balaban J connectivity index is 2.44. The van der Waals surface area contributed by atoms with Crippen molar-refractivity contribution in [3.8, 4) is 0 Å². The summed E-state index contributed by atoms with van der Waals surface area (Å²) >= 11 is 0. The van der Waals surface area contributed by atoms with Crippen molar-refractivity contribution < 1.29 is 50.3 Å². The SMILES string of the molecule is CC(=O)OC[C@H]1O[C@H](OS(=O)(=O)c2c(C)cc(C)cc2C)[C@H](F)[C@@H](OC(C)=O)[C@@H]1OC(C)=O. The molecule has 1 aliphatic rings. The molecule has 0 amide bonds. The molecule has 0 spiro atoms. The lowest BCUT2D eigenvalue weighted by molar-refractivity contribution is -0.270. The maximum atomic E-state index is 15.4. The zero-order valence-corrected chi connectivity index (χ0v) is 19.9. The van der Waals surface area contributed by atoms with E-state index in [-0.39, 0.29) is 4.90 Å². The molecule has 0 saturated carbocycles. The highest BCUT2D eigenvalue weighted by Gasteiger charge is 2.53.